The third-order valence-electron chi connectivity index (χ3n) is 3.46. The number of rotatable bonds is 5. The molecule has 0 spiro atoms. The zero-order valence-corrected chi connectivity index (χ0v) is 14.0. The standard InChI is InChI=1S/C18H11FN4O2S/c19-14-3-1-12(2-4-14)17-11-26-18(22-17)13(9-20)10-21-15-5-7-16(8-6-15)23(24)25/h1-8,10-11,21H/b13-10+. The molecule has 0 fully saturated rings. The monoisotopic (exact) mass is 366 g/mol. The van der Waals surface area contributed by atoms with Gasteiger partial charge in [-0.3, -0.25) is 10.1 Å². The number of aromatic nitrogens is 1. The fourth-order valence-electron chi connectivity index (χ4n) is 2.13. The molecule has 0 bridgehead atoms. The first-order valence-corrected chi connectivity index (χ1v) is 8.28. The summed E-state index contributed by atoms with van der Waals surface area (Å²) in [7, 11) is 0. The first kappa shape index (κ1) is 17.3. The molecule has 0 atom stereocenters. The normalized spacial score (nSPS) is 11.0. The number of allylic oxidation sites excluding steroid dienone is 1. The summed E-state index contributed by atoms with van der Waals surface area (Å²) in [5, 5.41) is 25.2. The summed E-state index contributed by atoms with van der Waals surface area (Å²) >= 11 is 1.30. The number of nitro benzene ring substituents is 1. The lowest BCUT2D eigenvalue weighted by Gasteiger charge is -2.01. The molecule has 3 rings (SSSR count). The number of hydrogen-bond acceptors (Lipinski definition) is 6. The maximum Gasteiger partial charge on any atom is 0.269 e. The van der Waals surface area contributed by atoms with Gasteiger partial charge in [0.15, 0.2) is 0 Å². The second kappa shape index (κ2) is 7.55. The molecule has 0 saturated carbocycles. The largest absolute Gasteiger partial charge is 0.360 e. The maximum atomic E-state index is 13.0. The number of nitriles is 1. The van der Waals surface area contributed by atoms with Gasteiger partial charge in [0.1, 0.15) is 22.5 Å². The summed E-state index contributed by atoms with van der Waals surface area (Å²) in [6.07, 6.45) is 1.49. The Kier molecular flexibility index (Phi) is 5.01. The molecule has 0 radical (unpaired) electrons. The lowest BCUT2D eigenvalue weighted by molar-refractivity contribution is -0.384. The van der Waals surface area contributed by atoms with Crippen molar-refractivity contribution in [3.05, 3.63) is 81.1 Å². The van der Waals surface area contributed by atoms with E-state index in [0.29, 0.717) is 22.0 Å². The van der Waals surface area contributed by atoms with Crippen molar-refractivity contribution in [3.63, 3.8) is 0 Å². The molecule has 1 heterocycles. The second-order valence-electron chi connectivity index (χ2n) is 5.16. The molecular weight excluding hydrogens is 355 g/mol. The highest BCUT2D eigenvalue weighted by atomic mass is 32.1. The number of halogens is 1. The average molecular weight is 366 g/mol. The van der Waals surface area contributed by atoms with Crippen molar-refractivity contribution in [2.24, 2.45) is 0 Å². The van der Waals surface area contributed by atoms with Crippen molar-refractivity contribution in [2.45, 2.75) is 0 Å². The first-order chi connectivity index (χ1) is 12.6. The summed E-state index contributed by atoms with van der Waals surface area (Å²) in [5.41, 5.74) is 2.33. The Morgan fingerprint density at radius 3 is 2.54 bits per heavy atom. The van der Waals surface area contributed by atoms with Gasteiger partial charge < -0.3 is 5.32 Å². The summed E-state index contributed by atoms with van der Waals surface area (Å²) in [6, 6.07) is 13.9. The van der Waals surface area contributed by atoms with E-state index in [-0.39, 0.29) is 11.5 Å². The van der Waals surface area contributed by atoms with E-state index in [0.717, 1.165) is 5.56 Å². The summed E-state index contributed by atoms with van der Waals surface area (Å²) in [4.78, 5) is 14.6. The van der Waals surface area contributed by atoms with E-state index in [4.69, 9.17) is 0 Å². The zero-order chi connectivity index (χ0) is 18.5. The van der Waals surface area contributed by atoms with E-state index in [1.807, 2.05) is 0 Å². The lowest BCUT2D eigenvalue weighted by atomic mass is 10.2. The smallest absolute Gasteiger partial charge is 0.269 e. The van der Waals surface area contributed by atoms with Gasteiger partial charge >= 0.3 is 0 Å². The van der Waals surface area contributed by atoms with Crippen LogP contribution in [0.25, 0.3) is 16.8 Å². The van der Waals surface area contributed by atoms with E-state index in [9.17, 15) is 19.8 Å². The van der Waals surface area contributed by atoms with Crippen LogP contribution in [0.15, 0.2) is 60.1 Å². The van der Waals surface area contributed by atoms with Crippen LogP contribution >= 0.6 is 11.3 Å². The van der Waals surface area contributed by atoms with Crippen molar-refractivity contribution in [1.29, 1.82) is 5.26 Å². The topological polar surface area (TPSA) is 91.8 Å². The number of hydrogen-bond donors (Lipinski definition) is 1. The van der Waals surface area contributed by atoms with Crippen molar-refractivity contribution in [1.82, 2.24) is 4.98 Å². The summed E-state index contributed by atoms with van der Waals surface area (Å²) in [6.45, 7) is 0. The number of benzene rings is 2. The number of anilines is 1. The molecular formula is C18H11FN4O2S. The molecule has 2 aromatic carbocycles. The van der Waals surface area contributed by atoms with Gasteiger partial charge in [0, 0.05) is 35.0 Å². The molecule has 1 aromatic heterocycles. The van der Waals surface area contributed by atoms with Gasteiger partial charge in [0.2, 0.25) is 0 Å². The molecule has 6 nitrogen and oxygen atoms in total. The van der Waals surface area contributed by atoms with Crippen LogP contribution < -0.4 is 5.32 Å². The van der Waals surface area contributed by atoms with Crippen molar-refractivity contribution < 1.29 is 9.31 Å². The molecule has 128 valence electrons. The van der Waals surface area contributed by atoms with Crippen molar-refractivity contribution >= 4 is 28.3 Å². The van der Waals surface area contributed by atoms with Gasteiger partial charge in [-0.1, -0.05) is 0 Å². The van der Waals surface area contributed by atoms with Crippen LogP contribution in [-0.4, -0.2) is 9.91 Å². The number of thiazole rings is 1. The predicted octanol–water partition coefficient (Wildman–Crippen LogP) is 4.83. The van der Waals surface area contributed by atoms with Crippen LogP contribution in [0.2, 0.25) is 0 Å². The first-order valence-electron chi connectivity index (χ1n) is 7.40. The molecule has 0 amide bonds. The van der Waals surface area contributed by atoms with Gasteiger partial charge in [0.05, 0.1) is 10.6 Å². The van der Waals surface area contributed by atoms with Crippen LogP contribution in [-0.2, 0) is 0 Å². The Labute approximate surface area is 152 Å². The van der Waals surface area contributed by atoms with Gasteiger partial charge in [-0.05, 0) is 36.4 Å². The Morgan fingerprint density at radius 1 is 1.23 bits per heavy atom. The van der Waals surface area contributed by atoms with E-state index >= 15 is 0 Å². The minimum Gasteiger partial charge on any atom is -0.360 e. The van der Waals surface area contributed by atoms with E-state index in [1.54, 1.807) is 29.6 Å². The molecule has 8 heteroatoms. The Bertz CT molecular complexity index is 1000. The van der Waals surface area contributed by atoms with E-state index in [2.05, 4.69) is 16.4 Å². The fourth-order valence-corrected chi connectivity index (χ4v) is 2.92. The van der Waals surface area contributed by atoms with Crippen LogP contribution in [0.3, 0.4) is 0 Å². The molecule has 0 aliphatic carbocycles. The van der Waals surface area contributed by atoms with Gasteiger partial charge in [0.25, 0.3) is 5.69 Å². The van der Waals surface area contributed by atoms with Crippen LogP contribution in [0.1, 0.15) is 5.01 Å². The van der Waals surface area contributed by atoms with Gasteiger partial charge in [-0.2, -0.15) is 5.26 Å². The minimum atomic E-state index is -0.479. The Balaban J connectivity index is 1.78. The summed E-state index contributed by atoms with van der Waals surface area (Å²) in [5.74, 6) is -0.325. The van der Waals surface area contributed by atoms with E-state index < -0.39 is 4.92 Å². The molecule has 26 heavy (non-hydrogen) atoms. The van der Waals surface area contributed by atoms with Crippen LogP contribution in [0.4, 0.5) is 15.8 Å². The summed E-state index contributed by atoms with van der Waals surface area (Å²) < 4.78 is 13.0. The highest BCUT2D eigenvalue weighted by Crippen LogP contribution is 2.26. The Morgan fingerprint density at radius 2 is 1.92 bits per heavy atom. The molecule has 0 aliphatic rings. The van der Waals surface area contributed by atoms with Crippen LogP contribution in [0.5, 0.6) is 0 Å². The highest BCUT2D eigenvalue weighted by molar-refractivity contribution is 7.11. The van der Waals surface area contributed by atoms with Gasteiger partial charge in [-0.15, -0.1) is 11.3 Å². The molecule has 1 N–H and O–H groups in total. The molecule has 0 aliphatic heterocycles. The molecule has 0 unspecified atom stereocenters. The number of nitro groups is 1. The van der Waals surface area contributed by atoms with Crippen LogP contribution in [0, 0.1) is 27.3 Å². The minimum absolute atomic E-state index is 0.0103. The van der Waals surface area contributed by atoms with Crippen molar-refractivity contribution in [3.8, 4) is 17.3 Å². The maximum absolute atomic E-state index is 13.0. The average Bonchev–Trinajstić information content (AvgIpc) is 3.13. The molecule has 3 aromatic rings. The number of nitrogens with zero attached hydrogens (tertiary/aromatic N) is 3. The predicted molar refractivity (Wildman–Crippen MR) is 97.8 cm³/mol. The van der Waals surface area contributed by atoms with Gasteiger partial charge in [-0.25, -0.2) is 9.37 Å². The third-order valence-corrected chi connectivity index (χ3v) is 4.33. The fraction of sp³-hybridized carbons (Fsp3) is 0. The van der Waals surface area contributed by atoms with Crippen molar-refractivity contribution in [2.75, 3.05) is 5.32 Å². The zero-order valence-electron chi connectivity index (χ0n) is 13.2. The molecule has 0 saturated heterocycles. The SMILES string of the molecule is N#C/C(=C\Nc1ccc([N+](=O)[O-])cc1)c1nc(-c2ccc(F)cc2)cs1. The second-order valence-corrected chi connectivity index (χ2v) is 6.02. The van der Waals surface area contributed by atoms with E-state index in [1.165, 1.54) is 41.8 Å². The lowest BCUT2D eigenvalue weighted by Crippen LogP contribution is -1.92. The third kappa shape index (κ3) is 3.91. The Hall–Kier alpha value is -3.57. The highest BCUT2D eigenvalue weighted by Gasteiger charge is 2.09. The quantitative estimate of drug-likeness (QED) is 0.396. The number of non-ortho nitro benzene ring substituents is 1. The number of nitrogens with one attached hydrogen (secondary N) is 1.